The van der Waals surface area contributed by atoms with Crippen molar-refractivity contribution in [3.63, 3.8) is 0 Å². The molecule has 0 aromatic carbocycles. The Morgan fingerprint density at radius 2 is 2.12 bits per heavy atom. The number of piperidine rings is 1. The number of thiophene rings is 1. The SMILES string of the molecule is O=C(N[C@@H]1C[C@H]2CCN(C2)C1)c1cc2c(N3CCCC3)csc2cn1. The summed E-state index contributed by atoms with van der Waals surface area (Å²) >= 11 is 1.72. The minimum Gasteiger partial charge on any atom is -0.370 e. The average molecular weight is 356 g/mol. The van der Waals surface area contributed by atoms with Crippen molar-refractivity contribution in [2.75, 3.05) is 37.6 Å². The van der Waals surface area contributed by atoms with E-state index in [4.69, 9.17) is 0 Å². The predicted molar refractivity (Wildman–Crippen MR) is 101 cm³/mol. The zero-order valence-electron chi connectivity index (χ0n) is 14.4. The highest BCUT2D eigenvalue weighted by Crippen LogP contribution is 2.35. The van der Waals surface area contributed by atoms with Crippen LogP contribution in [0.2, 0.25) is 0 Å². The first kappa shape index (κ1) is 15.6. The standard InChI is InChI=1S/C19H24N4OS/c24-19(21-14-7-13-3-6-22(10-13)11-14)16-8-15-17(23-4-1-2-5-23)12-25-18(15)9-20-16/h8-9,12-14H,1-7,10-11H2,(H,21,24)/t13-,14-/m1/s1. The van der Waals surface area contributed by atoms with Gasteiger partial charge in [0.05, 0.1) is 10.4 Å². The van der Waals surface area contributed by atoms with Crippen LogP contribution >= 0.6 is 11.3 Å². The molecule has 25 heavy (non-hydrogen) atoms. The molecule has 2 bridgehead atoms. The number of aromatic nitrogens is 1. The molecule has 0 saturated carbocycles. The van der Waals surface area contributed by atoms with Gasteiger partial charge in [-0.3, -0.25) is 4.79 Å². The van der Waals surface area contributed by atoms with Gasteiger partial charge in [-0.15, -0.1) is 11.3 Å². The van der Waals surface area contributed by atoms with Crippen LogP contribution in [0.1, 0.15) is 36.2 Å². The molecule has 5 rings (SSSR count). The highest BCUT2D eigenvalue weighted by molar-refractivity contribution is 7.17. The molecule has 0 spiro atoms. The normalized spacial score (nSPS) is 28.6. The molecule has 5 heterocycles. The Bertz CT molecular complexity index is 786. The van der Waals surface area contributed by atoms with E-state index in [9.17, 15) is 4.79 Å². The molecule has 3 aliphatic rings. The van der Waals surface area contributed by atoms with Crippen LogP contribution in [-0.4, -0.2) is 54.6 Å². The fourth-order valence-corrected chi connectivity index (χ4v) is 5.59. The highest BCUT2D eigenvalue weighted by atomic mass is 32.1. The van der Waals surface area contributed by atoms with Crippen molar-refractivity contribution in [2.45, 2.75) is 31.7 Å². The van der Waals surface area contributed by atoms with E-state index in [0.29, 0.717) is 5.69 Å². The second kappa shape index (κ2) is 6.25. The Labute approximate surface area is 152 Å². The Morgan fingerprint density at radius 3 is 2.96 bits per heavy atom. The molecule has 5 nitrogen and oxygen atoms in total. The third-order valence-electron chi connectivity index (χ3n) is 5.92. The van der Waals surface area contributed by atoms with Gasteiger partial charge in [-0.05, 0) is 44.2 Å². The van der Waals surface area contributed by atoms with E-state index in [0.717, 1.165) is 32.0 Å². The maximum atomic E-state index is 12.7. The number of nitrogens with zero attached hydrogens (tertiary/aromatic N) is 3. The Morgan fingerprint density at radius 1 is 1.24 bits per heavy atom. The van der Waals surface area contributed by atoms with E-state index >= 15 is 0 Å². The van der Waals surface area contributed by atoms with E-state index in [2.05, 4.69) is 25.5 Å². The molecule has 3 atom stereocenters. The second-order valence-corrected chi connectivity index (χ2v) is 8.61. The minimum absolute atomic E-state index is 0.0204. The number of fused-ring (bicyclic) bond motifs is 3. The van der Waals surface area contributed by atoms with Gasteiger partial charge in [-0.2, -0.15) is 0 Å². The van der Waals surface area contributed by atoms with E-state index in [1.165, 1.54) is 48.1 Å². The molecule has 3 fully saturated rings. The van der Waals surface area contributed by atoms with Crippen LogP contribution in [0.5, 0.6) is 0 Å². The first-order valence-corrected chi connectivity index (χ1v) is 10.3. The first-order valence-electron chi connectivity index (χ1n) is 9.42. The third-order valence-corrected chi connectivity index (χ3v) is 6.84. The van der Waals surface area contributed by atoms with Gasteiger partial charge in [-0.1, -0.05) is 0 Å². The fourth-order valence-electron chi connectivity index (χ4n) is 4.67. The van der Waals surface area contributed by atoms with Gasteiger partial charge < -0.3 is 15.1 Å². The van der Waals surface area contributed by atoms with Gasteiger partial charge in [0.1, 0.15) is 5.69 Å². The van der Waals surface area contributed by atoms with Gasteiger partial charge in [-0.25, -0.2) is 4.98 Å². The summed E-state index contributed by atoms with van der Waals surface area (Å²) in [5.74, 6) is 0.737. The van der Waals surface area contributed by atoms with Crippen molar-refractivity contribution >= 4 is 33.0 Å². The van der Waals surface area contributed by atoms with Gasteiger partial charge in [0.25, 0.3) is 5.91 Å². The van der Waals surface area contributed by atoms with Crippen molar-refractivity contribution in [1.82, 2.24) is 15.2 Å². The maximum Gasteiger partial charge on any atom is 0.270 e. The van der Waals surface area contributed by atoms with Crippen LogP contribution in [0.25, 0.3) is 10.1 Å². The number of hydrogen-bond acceptors (Lipinski definition) is 5. The molecule has 1 amide bonds. The molecular weight excluding hydrogens is 332 g/mol. The summed E-state index contributed by atoms with van der Waals surface area (Å²) < 4.78 is 1.17. The summed E-state index contributed by atoms with van der Waals surface area (Å²) in [6.07, 6.45) is 6.78. The van der Waals surface area contributed by atoms with E-state index in [-0.39, 0.29) is 11.9 Å². The van der Waals surface area contributed by atoms with Gasteiger partial charge >= 0.3 is 0 Å². The van der Waals surface area contributed by atoms with Crippen LogP contribution in [0.15, 0.2) is 17.6 Å². The molecule has 0 aliphatic carbocycles. The predicted octanol–water partition coefficient (Wildman–Crippen LogP) is 2.72. The Kier molecular flexibility index (Phi) is 3.90. The van der Waals surface area contributed by atoms with E-state index in [1.54, 1.807) is 11.3 Å². The quantitative estimate of drug-likeness (QED) is 0.919. The summed E-state index contributed by atoms with van der Waals surface area (Å²) in [5, 5.41) is 6.62. The summed E-state index contributed by atoms with van der Waals surface area (Å²) in [4.78, 5) is 22.1. The van der Waals surface area contributed by atoms with Crippen LogP contribution in [-0.2, 0) is 0 Å². The highest BCUT2D eigenvalue weighted by Gasteiger charge is 2.33. The average Bonchev–Trinajstić information content (AvgIpc) is 3.34. The zero-order chi connectivity index (χ0) is 16.8. The molecule has 132 valence electrons. The van der Waals surface area contributed by atoms with E-state index in [1.807, 2.05) is 12.3 Å². The number of carbonyl (C=O) groups excluding carboxylic acids is 1. The summed E-state index contributed by atoms with van der Waals surface area (Å²) in [6.45, 7) is 5.63. The number of anilines is 1. The molecule has 0 radical (unpaired) electrons. The van der Waals surface area contributed by atoms with Crippen LogP contribution < -0.4 is 10.2 Å². The summed E-state index contributed by atoms with van der Waals surface area (Å²) in [5.41, 5.74) is 1.83. The lowest BCUT2D eigenvalue weighted by atomic mass is 9.97. The molecule has 3 aliphatic heterocycles. The van der Waals surface area contributed by atoms with Gasteiger partial charge in [0.2, 0.25) is 0 Å². The molecule has 6 heteroatoms. The Hall–Kier alpha value is -1.66. The smallest absolute Gasteiger partial charge is 0.270 e. The van der Waals surface area contributed by atoms with E-state index < -0.39 is 0 Å². The van der Waals surface area contributed by atoms with Crippen molar-refractivity contribution in [3.05, 3.63) is 23.3 Å². The first-order chi connectivity index (χ1) is 12.3. The number of pyridine rings is 1. The molecule has 2 aromatic heterocycles. The fraction of sp³-hybridized carbons (Fsp3) is 0.579. The van der Waals surface area contributed by atoms with Crippen molar-refractivity contribution in [2.24, 2.45) is 5.92 Å². The zero-order valence-corrected chi connectivity index (χ0v) is 15.2. The number of amides is 1. The van der Waals surface area contributed by atoms with Gasteiger partial charge in [0.15, 0.2) is 0 Å². The van der Waals surface area contributed by atoms with Crippen molar-refractivity contribution in [1.29, 1.82) is 0 Å². The minimum atomic E-state index is -0.0204. The maximum absolute atomic E-state index is 12.7. The van der Waals surface area contributed by atoms with Crippen LogP contribution in [0, 0.1) is 5.92 Å². The third kappa shape index (κ3) is 2.91. The largest absolute Gasteiger partial charge is 0.370 e. The Balaban J connectivity index is 1.36. The van der Waals surface area contributed by atoms with Crippen LogP contribution in [0.4, 0.5) is 5.69 Å². The summed E-state index contributed by atoms with van der Waals surface area (Å²) in [6, 6.07) is 2.26. The van der Waals surface area contributed by atoms with Crippen molar-refractivity contribution < 1.29 is 4.79 Å². The molecule has 1 unspecified atom stereocenters. The molecule has 1 N–H and O–H groups in total. The van der Waals surface area contributed by atoms with Crippen molar-refractivity contribution in [3.8, 4) is 0 Å². The summed E-state index contributed by atoms with van der Waals surface area (Å²) in [7, 11) is 0. The second-order valence-electron chi connectivity index (χ2n) is 7.70. The number of carbonyl (C=O) groups is 1. The molecule has 2 aromatic rings. The van der Waals surface area contributed by atoms with Gasteiger partial charge in [0, 0.05) is 49.2 Å². The number of nitrogens with one attached hydrogen (secondary N) is 1. The lowest BCUT2D eigenvalue weighted by Crippen LogP contribution is -2.47. The topological polar surface area (TPSA) is 48.5 Å². The molecule has 3 saturated heterocycles. The lowest BCUT2D eigenvalue weighted by molar-refractivity contribution is 0.0904. The number of hydrogen-bond donors (Lipinski definition) is 1. The lowest BCUT2D eigenvalue weighted by Gasteiger charge is -2.30. The monoisotopic (exact) mass is 356 g/mol. The molecular formula is C19H24N4OS. The number of rotatable bonds is 3. The van der Waals surface area contributed by atoms with Crippen LogP contribution in [0.3, 0.4) is 0 Å².